The molecule has 6 aromatic carbocycles. The first-order valence-electron chi connectivity index (χ1n) is 12.8. The number of aromatic amines is 2. The molecule has 19 heteroatoms. The molecular formula is C28H13ClN2O13S3. The van der Waals surface area contributed by atoms with Crippen molar-refractivity contribution in [3.63, 3.8) is 0 Å². The number of hydrogen-bond donors (Lipinski definition) is 5. The molecule has 0 saturated heterocycles. The molecule has 0 aliphatic rings. The summed E-state index contributed by atoms with van der Waals surface area (Å²) in [6, 6.07) is 11.2. The molecule has 47 heavy (non-hydrogen) atoms. The van der Waals surface area contributed by atoms with Crippen LogP contribution in [0.3, 0.4) is 0 Å². The molecule has 0 atom stereocenters. The molecule has 0 spiro atoms. The SMILES string of the molecule is O=c1c2ccccc2c(=O)c2c1ccc1[nH]c3c(ccc4c(=O)c5c(Cl)c(S(=O)(=O)O)c(S(=O)(=O)O)c(S(=O)(=O)O)c5c(=O)c43)[nH]c12. The third-order valence-electron chi connectivity index (χ3n) is 7.83. The Morgan fingerprint density at radius 3 is 1.38 bits per heavy atom. The molecule has 0 radical (unpaired) electrons. The average Bonchev–Trinajstić information content (AvgIpc) is 2.98. The first-order chi connectivity index (χ1) is 21.8. The molecule has 0 aliphatic carbocycles. The van der Waals surface area contributed by atoms with Crippen molar-refractivity contribution in [2.45, 2.75) is 14.7 Å². The number of fused-ring (bicyclic) bond motifs is 8. The van der Waals surface area contributed by atoms with E-state index in [2.05, 4.69) is 9.97 Å². The van der Waals surface area contributed by atoms with Gasteiger partial charge in [0.05, 0.1) is 48.6 Å². The van der Waals surface area contributed by atoms with Gasteiger partial charge in [-0.3, -0.25) is 32.8 Å². The normalized spacial score (nSPS) is 13.1. The van der Waals surface area contributed by atoms with Gasteiger partial charge < -0.3 is 9.97 Å². The fourth-order valence-corrected chi connectivity index (χ4v) is 10.1. The maximum Gasteiger partial charge on any atom is 0.297 e. The number of hydrogen-bond acceptors (Lipinski definition) is 10. The second kappa shape index (κ2) is 9.61. The first-order valence-corrected chi connectivity index (χ1v) is 17.5. The molecule has 1 heterocycles. The molecule has 0 aliphatic heterocycles. The summed E-state index contributed by atoms with van der Waals surface area (Å²) in [5.74, 6) is 0. The van der Waals surface area contributed by atoms with Crippen LogP contribution in [0.2, 0.25) is 5.02 Å². The maximum absolute atomic E-state index is 14.1. The Morgan fingerprint density at radius 2 is 0.894 bits per heavy atom. The average molecular weight is 717 g/mol. The van der Waals surface area contributed by atoms with Gasteiger partial charge in [-0.05, 0) is 24.3 Å². The lowest BCUT2D eigenvalue weighted by atomic mass is 9.99. The molecule has 0 unspecified atom stereocenters. The zero-order valence-electron chi connectivity index (χ0n) is 22.6. The van der Waals surface area contributed by atoms with Gasteiger partial charge in [-0.2, -0.15) is 25.3 Å². The number of halogens is 1. The minimum Gasteiger partial charge on any atom is -0.351 e. The molecular weight excluding hydrogens is 704 g/mol. The van der Waals surface area contributed by atoms with E-state index in [1.54, 1.807) is 12.1 Å². The van der Waals surface area contributed by atoms with E-state index in [-0.39, 0.29) is 43.6 Å². The highest BCUT2D eigenvalue weighted by molar-refractivity contribution is 7.90. The molecule has 238 valence electrons. The van der Waals surface area contributed by atoms with Gasteiger partial charge in [0.1, 0.15) is 14.7 Å². The summed E-state index contributed by atoms with van der Waals surface area (Å²) in [5.41, 5.74) is -3.69. The van der Waals surface area contributed by atoms with Crippen LogP contribution in [0.25, 0.3) is 65.2 Å². The van der Waals surface area contributed by atoms with Crippen molar-refractivity contribution in [1.82, 2.24) is 9.97 Å². The van der Waals surface area contributed by atoms with Crippen LogP contribution in [0.15, 0.2) is 82.4 Å². The molecule has 0 fully saturated rings. The van der Waals surface area contributed by atoms with Crippen molar-refractivity contribution >= 4 is 107 Å². The number of H-pyrrole nitrogens is 2. The van der Waals surface area contributed by atoms with Crippen molar-refractivity contribution in [3.8, 4) is 0 Å². The lowest BCUT2D eigenvalue weighted by Gasteiger charge is -2.15. The lowest BCUT2D eigenvalue weighted by molar-refractivity contribution is 0.457. The standard InChI is InChI=1S/C28H13ClN2O13S3/c29-19-17-18(26(45(36,37)38)28(47(42,43)44)27(19)46(39,40)41)25(35)16-12(24(17)34)6-8-14-21(16)31-13-7-5-11-15(20(13)30-14)23(33)10-4-2-1-3-9(10)22(11)32/h1-8,30-31H,(H,36,37,38)(H,39,40,41)(H,42,43,44). The molecule has 0 bridgehead atoms. The Bertz CT molecular complexity index is 3250. The summed E-state index contributed by atoms with van der Waals surface area (Å²) in [5, 5.41) is -4.73. The smallest absolute Gasteiger partial charge is 0.297 e. The summed E-state index contributed by atoms with van der Waals surface area (Å²) < 4.78 is 104. The van der Waals surface area contributed by atoms with E-state index in [0.717, 1.165) is 6.07 Å². The Morgan fingerprint density at radius 1 is 0.468 bits per heavy atom. The van der Waals surface area contributed by atoms with Crippen molar-refractivity contribution in [3.05, 3.63) is 94.4 Å². The fraction of sp³-hybridized carbons (Fsp3) is 0. The highest BCUT2D eigenvalue weighted by Crippen LogP contribution is 2.40. The molecule has 15 nitrogen and oxygen atoms in total. The Hall–Kier alpha value is -4.82. The number of nitrogens with one attached hydrogen (secondary N) is 2. The molecule has 0 amide bonds. The summed E-state index contributed by atoms with van der Waals surface area (Å²) in [4.78, 5) is 54.3. The van der Waals surface area contributed by atoms with Crippen molar-refractivity contribution in [2.24, 2.45) is 0 Å². The number of aromatic nitrogens is 2. The van der Waals surface area contributed by atoms with E-state index in [0.29, 0.717) is 0 Å². The second-order valence-electron chi connectivity index (χ2n) is 10.4. The Labute approximate surface area is 264 Å². The van der Waals surface area contributed by atoms with Crippen LogP contribution in [0, 0.1) is 0 Å². The Balaban J connectivity index is 1.77. The van der Waals surface area contributed by atoms with Crippen LogP contribution < -0.4 is 21.7 Å². The van der Waals surface area contributed by atoms with Crippen molar-refractivity contribution in [2.75, 3.05) is 0 Å². The zero-order valence-corrected chi connectivity index (χ0v) is 25.9. The van der Waals surface area contributed by atoms with Gasteiger partial charge in [0.15, 0.2) is 21.7 Å². The fourth-order valence-electron chi connectivity index (χ4n) is 6.01. The molecule has 7 rings (SSSR count). The first kappa shape index (κ1) is 30.8. The topological polar surface area (TPSA) is 263 Å². The largest absolute Gasteiger partial charge is 0.351 e. The van der Waals surface area contributed by atoms with E-state index < -0.39 is 93.3 Å². The van der Waals surface area contributed by atoms with Gasteiger partial charge in [-0.25, -0.2) is 0 Å². The summed E-state index contributed by atoms with van der Waals surface area (Å²) in [6.45, 7) is 0. The van der Waals surface area contributed by atoms with Crippen LogP contribution in [0.1, 0.15) is 0 Å². The van der Waals surface area contributed by atoms with E-state index in [1.165, 1.54) is 30.3 Å². The third-order valence-corrected chi connectivity index (χ3v) is 11.3. The Kier molecular flexibility index (Phi) is 6.30. The third kappa shape index (κ3) is 4.23. The number of rotatable bonds is 3. The molecule has 1 aromatic heterocycles. The van der Waals surface area contributed by atoms with Gasteiger partial charge in [-0.1, -0.05) is 35.9 Å². The number of benzene rings is 6. The van der Waals surface area contributed by atoms with Crippen LogP contribution in [-0.2, 0) is 30.4 Å². The summed E-state index contributed by atoms with van der Waals surface area (Å²) >= 11 is 6.06. The van der Waals surface area contributed by atoms with Crippen LogP contribution in [-0.4, -0.2) is 48.9 Å². The van der Waals surface area contributed by atoms with Crippen LogP contribution in [0.4, 0.5) is 0 Å². The van der Waals surface area contributed by atoms with Gasteiger partial charge in [0.2, 0.25) is 0 Å². The maximum atomic E-state index is 14.1. The van der Waals surface area contributed by atoms with E-state index in [9.17, 15) is 58.1 Å². The molecule has 0 saturated carbocycles. The predicted octanol–water partition coefficient (Wildman–Crippen LogP) is 2.53. The van der Waals surface area contributed by atoms with Crippen molar-refractivity contribution < 1.29 is 38.9 Å². The molecule has 7 aromatic rings. The van der Waals surface area contributed by atoms with Gasteiger partial charge in [-0.15, -0.1) is 0 Å². The van der Waals surface area contributed by atoms with Gasteiger partial charge in [0.25, 0.3) is 30.4 Å². The van der Waals surface area contributed by atoms with Gasteiger partial charge in [0, 0.05) is 21.5 Å². The minimum absolute atomic E-state index is 0.00852. The van der Waals surface area contributed by atoms with E-state index in [4.69, 9.17) is 11.6 Å². The zero-order chi connectivity index (χ0) is 34.1. The second-order valence-corrected chi connectivity index (χ2v) is 14.9. The monoisotopic (exact) mass is 716 g/mol. The summed E-state index contributed by atoms with van der Waals surface area (Å²) in [7, 11) is -17.8. The van der Waals surface area contributed by atoms with E-state index in [1.807, 2.05) is 0 Å². The minimum atomic E-state index is -6.02. The predicted molar refractivity (Wildman–Crippen MR) is 171 cm³/mol. The summed E-state index contributed by atoms with van der Waals surface area (Å²) in [6.07, 6.45) is 0. The lowest BCUT2D eigenvalue weighted by Crippen LogP contribution is -2.22. The highest BCUT2D eigenvalue weighted by atomic mass is 35.5. The van der Waals surface area contributed by atoms with Crippen LogP contribution in [0.5, 0.6) is 0 Å². The van der Waals surface area contributed by atoms with E-state index >= 15 is 0 Å². The van der Waals surface area contributed by atoms with Crippen LogP contribution >= 0.6 is 11.6 Å². The molecule has 5 N–H and O–H groups in total. The highest BCUT2D eigenvalue weighted by Gasteiger charge is 2.39. The van der Waals surface area contributed by atoms with Gasteiger partial charge >= 0.3 is 0 Å². The quantitative estimate of drug-likeness (QED) is 0.100. The van der Waals surface area contributed by atoms with Crippen molar-refractivity contribution in [1.29, 1.82) is 0 Å².